The summed E-state index contributed by atoms with van der Waals surface area (Å²) in [5, 5.41) is 9.02. The maximum absolute atomic E-state index is 12.1. The summed E-state index contributed by atoms with van der Waals surface area (Å²) in [6, 6.07) is 17.2. The molecular formula is C18H20N2O3S. The fraction of sp³-hybridized carbons (Fsp3) is 0.222. The van der Waals surface area contributed by atoms with Crippen LogP contribution in [0.3, 0.4) is 0 Å². The molecule has 5 nitrogen and oxygen atoms in total. The number of hydrogen-bond donors (Lipinski definition) is 3. The summed E-state index contributed by atoms with van der Waals surface area (Å²) < 4.78 is 2.72. The highest BCUT2D eigenvalue weighted by atomic mass is 32.2. The zero-order valence-electron chi connectivity index (χ0n) is 13.1. The highest BCUT2D eigenvalue weighted by Crippen LogP contribution is 2.10. The molecular weight excluding hydrogens is 324 g/mol. The molecule has 24 heavy (non-hydrogen) atoms. The molecule has 0 aliphatic rings. The molecule has 0 saturated carbocycles. The van der Waals surface area contributed by atoms with Gasteiger partial charge in [-0.3, -0.25) is 9.59 Å². The minimum atomic E-state index is -1.00. The van der Waals surface area contributed by atoms with E-state index in [1.165, 1.54) is 0 Å². The number of nitrogens with two attached hydrogens (primary N) is 1. The predicted molar refractivity (Wildman–Crippen MR) is 95.4 cm³/mol. The number of carbonyl (C=O) groups excluding carboxylic acids is 1. The Labute approximate surface area is 145 Å². The van der Waals surface area contributed by atoms with Crippen molar-refractivity contribution in [3.63, 3.8) is 0 Å². The van der Waals surface area contributed by atoms with Gasteiger partial charge in [-0.1, -0.05) is 60.7 Å². The van der Waals surface area contributed by atoms with Gasteiger partial charge in [0.25, 0.3) is 0 Å². The van der Waals surface area contributed by atoms with E-state index >= 15 is 0 Å². The molecule has 0 fully saturated rings. The highest BCUT2D eigenvalue weighted by Gasteiger charge is 2.21. The molecule has 6 heteroatoms. The van der Waals surface area contributed by atoms with E-state index in [-0.39, 0.29) is 5.12 Å². The number of carboxylic acids is 1. The Hall–Kier alpha value is -2.15. The molecule has 2 rings (SSSR count). The molecule has 0 amide bonds. The fourth-order valence-electron chi connectivity index (χ4n) is 2.19. The standard InChI is InChI=1S/C18H20N2O3S/c19-15(11-13-7-3-1-4-8-13)18(23)24-20-16(17(21)22)12-14-9-5-2-6-10-14/h1-10,15-16,20H,11-12,19H2,(H,21,22)/t15-,16-/m0/s1. The maximum Gasteiger partial charge on any atom is 0.321 e. The summed E-state index contributed by atoms with van der Waals surface area (Å²) in [5.41, 5.74) is 7.76. The van der Waals surface area contributed by atoms with E-state index in [1.807, 2.05) is 60.7 Å². The lowest BCUT2D eigenvalue weighted by atomic mass is 10.1. The highest BCUT2D eigenvalue weighted by molar-refractivity contribution is 8.12. The summed E-state index contributed by atoms with van der Waals surface area (Å²) in [6.07, 6.45) is 0.717. The summed E-state index contributed by atoms with van der Waals surface area (Å²) >= 11 is 0.765. The van der Waals surface area contributed by atoms with Crippen LogP contribution in [0.1, 0.15) is 11.1 Å². The van der Waals surface area contributed by atoms with E-state index in [0.29, 0.717) is 12.8 Å². The van der Waals surface area contributed by atoms with Gasteiger partial charge < -0.3 is 10.8 Å². The van der Waals surface area contributed by atoms with Crippen LogP contribution in [0.2, 0.25) is 0 Å². The van der Waals surface area contributed by atoms with E-state index < -0.39 is 18.1 Å². The van der Waals surface area contributed by atoms with Gasteiger partial charge in [0, 0.05) is 0 Å². The van der Waals surface area contributed by atoms with Gasteiger partial charge in [0.2, 0.25) is 5.12 Å². The first-order valence-corrected chi connectivity index (χ1v) is 8.40. The van der Waals surface area contributed by atoms with Crippen molar-refractivity contribution in [3.8, 4) is 0 Å². The first-order valence-electron chi connectivity index (χ1n) is 7.58. The quantitative estimate of drug-likeness (QED) is 0.635. The number of nitrogens with one attached hydrogen (secondary N) is 1. The second-order valence-electron chi connectivity index (χ2n) is 5.42. The van der Waals surface area contributed by atoms with Crippen molar-refractivity contribution in [3.05, 3.63) is 71.8 Å². The zero-order chi connectivity index (χ0) is 17.4. The smallest absolute Gasteiger partial charge is 0.321 e. The van der Waals surface area contributed by atoms with Crippen LogP contribution in [-0.4, -0.2) is 28.3 Å². The monoisotopic (exact) mass is 344 g/mol. The van der Waals surface area contributed by atoms with Gasteiger partial charge in [-0.25, -0.2) is 4.72 Å². The summed E-state index contributed by atoms with van der Waals surface area (Å²) in [7, 11) is 0. The Morgan fingerprint density at radius 3 is 1.96 bits per heavy atom. The molecule has 2 aromatic carbocycles. The van der Waals surface area contributed by atoms with Crippen LogP contribution in [0.4, 0.5) is 0 Å². The van der Waals surface area contributed by atoms with Crippen molar-refractivity contribution in [2.45, 2.75) is 24.9 Å². The van der Waals surface area contributed by atoms with Gasteiger partial charge in [-0.2, -0.15) is 0 Å². The molecule has 0 saturated heterocycles. The third-order valence-electron chi connectivity index (χ3n) is 3.48. The number of aliphatic carboxylic acids is 1. The van der Waals surface area contributed by atoms with Gasteiger partial charge >= 0.3 is 5.97 Å². The van der Waals surface area contributed by atoms with E-state index in [4.69, 9.17) is 5.73 Å². The lowest BCUT2D eigenvalue weighted by Crippen LogP contribution is -2.38. The molecule has 0 aliphatic heterocycles. The molecule has 0 unspecified atom stereocenters. The normalized spacial score (nSPS) is 13.2. The first-order chi connectivity index (χ1) is 11.6. The number of hydrogen-bond acceptors (Lipinski definition) is 5. The van der Waals surface area contributed by atoms with Crippen molar-refractivity contribution < 1.29 is 14.7 Å². The number of carbonyl (C=O) groups is 2. The predicted octanol–water partition coefficient (Wildman–Crippen LogP) is 2.02. The van der Waals surface area contributed by atoms with Crippen LogP contribution in [-0.2, 0) is 22.4 Å². The van der Waals surface area contributed by atoms with E-state index in [0.717, 1.165) is 23.1 Å². The maximum atomic E-state index is 12.1. The molecule has 0 aromatic heterocycles. The third-order valence-corrected chi connectivity index (χ3v) is 4.39. The van der Waals surface area contributed by atoms with Crippen molar-refractivity contribution in [2.75, 3.05) is 0 Å². The van der Waals surface area contributed by atoms with E-state index in [9.17, 15) is 14.7 Å². The minimum Gasteiger partial charge on any atom is -0.480 e. The average Bonchev–Trinajstić information content (AvgIpc) is 2.59. The first kappa shape index (κ1) is 18.2. The lowest BCUT2D eigenvalue weighted by Gasteiger charge is -2.15. The lowest BCUT2D eigenvalue weighted by molar-refractivity contribution is -0.138. The van der Waals surface area contributed by atoms with Gasteiger partial charge in [0.15, 0.2) is 0 Å². The van der Waals surface area contributed by atoms with Crippen molar-refractivity contribution in [1.29, 1.82) is 0 Å². The Morgan fingerprint density at radius 1 is 0.958 bits per heavy atom. The molecule has 0 heterocycles. The van der Waals surface area contributed by atoms with Crippen LogP contribution < -0.4 is 10.5 Å². The molecule has 0 aliphatic carbocycles. The molecule has 126 valence electrons. The zero-order valence-corrected chi connectivity index (χ0v) is 13.9. The number of carboxylic acid groups (broad SMARTS) is 1. The van der Waals surface area contributed by atoms with Gasteiger partial charge in [-0.15, -0.1) is 0 Å². The topological polar surface area (TPSA) is 92.4 Å². The van der Waals surface area contributed by atoms with Gasteiger partial charge in [0.1, 0.15) is 6.04 Å². The number of rotatable bonds is 8. The second kappa shape index (κ2) is 9.22. The van der Waals surface area contributed by atoms with Crippen LogP contribution >= 0.6 is 11.9 Å². The molecule has 2 aromatic rings. The van der Waals surface area contributed by atoms with E-state index in [2.05, 4.69) is 4.72 Å². The molecule has 2 atom stereocenters. The molecule has 0 bridgehead atoms. The van der Waals surface area contributed by atoms with Crippen LogP contribution in [0.5, 0.6) is 0 Å². The second-order valence-corrected chi connectivity index (χ2v) is 6.26. The minimum absolute atomic E-state index is 0.279. The summed E-state index contributed by atoms with van der Waals surface area (Å²) in [4.78, 5) is 23.5. The molecule has 0 spiro atoms. The van der Waals surface area contributed by atoms with Gasteiger partial charge in [0.05, 0.1) is 6.04 Å². The summed E-state index contributed by atoms with van der Waals surface area (Å²) in [6.45, 7) is 0. The molecule has 4 N–H and O–H groups in total. The van der Waals surface area contributed by atoms with Crippen molar-refractivity contribution in [2.24, 2.45) is 5.73 Å². The average molecular weight is 344 g/mol. The van der Waals surface area contributed by atoms with Crippen LogP contribution in [0.15, 0.2) is 60.7 Å². The Morgan fingerprint density at radius 2 is 1.46 bits per heavy atom. The van der Waals surface area contributed by atoms with Crippen LogP contribution in [0.25, 0.3) is 0 Å². The van der Waals surface area contributed by atoms with E-state index in [1.54, 1.807) is 0 Å². The third kappa shape index (κ3) is 5.81. The van der Waals surface area contributed by atoms with Crippen LogP contribution in [0, 0.1) is 0 Å². The fourth-order valence-corrected chi connectivity index (χ4v) is 2.86. The Balaban J connectivity index is 1.86. The van der Waals surface area contributed by atoms with Crippen molar-refractivity contribution >= 4 is 23.0 Å². The van der Waals surface area contributed by atoms with Gasteiger partial charge in [-0.05, 0) is 35.9 Å². The SMILES string of the molecule is N[C@@H](Cc1ccccc1)C(=O)SN[C@@H](Cc1ccccc1)C(=O)O. The number of benzene rings is 2. The Kier molecular flexibility index (Phi) is 6.99. The Bertz CT molecular complexity index is 664. The largest absolute Gasteiger partial charge is 0.480 e. The van der Waals surface area contributed by atoms with Crippen molar-refractivity contribution in [1.82, 2.24) is 4.72 Å². The molecule has 0 radical (unpaired) electrons. The summed E-state index contributed by atoms with van der Waals surface area (Å²) in [5.74, 6) is -1.00.